The summed E-state index contributed by atoms with van der Waals surface area (Å²) in [6.07, 6.45) is 18.6. The van der Waals surface area contributed by atoms with Crippen LogP contribution in [0, 0.1) is 17.3 Å². The maximum Gasteiger partial charge on any atom is 0.0723 e. The minimum Gasteiger partial charge on any atom is -0.393 e. The molecule has 3 aliphatic carbocycles. The fraction of sp³-hybridized carbons (Fsp3) is 0.778. The van der Waals surface area contributed by atoms with E-state index in [1.165, 1.54) is 32.1 Å². The van der Waals surface area contributed by atoms with E-state index in [1.54, 1.807) is 0 Å². The van der Waals surface area contributed by atoms with Crippen LogP contribution in [0.3, 0.4) is 0 Å². The second-order valence-corrected chi connectivity index (χ2v) is 7.21. The van der Waals surface area contributed by atoms with Crippen LogP contribution in [0.1, 0.15) is 57.8 Å². The Labute approximate surface area is 122 Å². The van der Waals surface area contributed by atoms with Gasteiger partial charge in [0.2, 0.25) is 0 Å². The lowest BCUT2D eigenvalue weighted by Gasteiger charge is -2.26. The largest absolute Gasteiger partial charge is 0.393 e. The molecule has 2 N–H and O–H groups in total. The number of allylic oxidation sites excluding steroid dienone is 3. The number of rotatable bonds is 4. The number of hydrogen-bond donors (Lipinski definition) is 2. The molecule has 0 spiro atoms. The average molecular weight is 276 g/mol. The lowest BCUT2D eigenvalue weighted by Crippen LogP contribution is -2.19. The van der Waals surface area contributed by atoms with E-state index in [0.717, 1.165) is 25.7 Å². The summed E-state index contributed by atoms with van der Waals surface area (Å²) in [4.78, 5) is 0. The number of aliphatic hydroxyl groups is 2. The zero-order valence-electron chi connectivity index (χ0n) is 12.4. The van der Waals surface area contributed by atoms with Crippen molar-refractivity contribution in [1.29, 1.82) is 0 Å². The van der Waals surface area contributed by atoms with Crippen LogP contribution in [0.25, 0.3) is 0 Å². The van der Waals surface area contributed by atoms with Gasteiger partial charge >= 0.3 is 0 Å². The van der Waals surface area contributed by atoms with Crippen molar-refractivity contribution in [3.8, 4) is 0 Å². The van der Waals surface area contributed by atoms with Gasteiger partial charge in [-0.15, -0.1) is 0 Å². The third-order valence-electron chi connectivity index (χ3n) is 5.68. The van der Waals surface area contributed by atoms with Gasteiger partial charge in [0.15, 0.2) is 0 Å². The molecule has 4 atom stereocenters. The molecular formula is C18H28O2. The maximum atomic E-state index is 10.3. The van der Waals surface area contributed by atoms with Gasteiger partial charge in [0.1, 0.15) is 0 Å². The van der Waals surface area contributed by atoms with E-state index in [9.17, 15) is 10.2 Å². The second kappa shape index (κ2) is 6.03. The van der Waals surface area contributed by atoms with Crippen LogP contribution in [0.5, 0.6) is 0 Å². The fourth-order valence-electron chi connectivity index (χ4n) is 4.57. The van der Waals surface area contributed by atoms with E-state index >= 15 is 0 Å². The molecule has 2 fully saturated rings. The summed E-state index contributed by atoms with van der Waals surface area (Å²) < 4.78 is 0. The van der Waals surface area contributed by atoms with Gasteiger partial charge in [-0.25, -0.2) is 0 Å². The predicted octanol–water partition coefficient (Wildman–Crippen LogP) is 3.59. The highest BCUT2D eigenvalue weighted by Crippen LogP contribution is 2.51. The van der Waals surface area contributed by atoms with Crippen molar-refractivity contribution in [2.45, 2.75) is 70.0 Å². The van der Waals surface area contributed by atoms with Gasteiger partial charge in [-0.1, -0.05) is 56.4 Å². The first-order chi connectivity index (χ1) is 9.68. The van der Waals surface area contributed by atoms with Crippen molar-refractivity contribution in [3.05, 3.63) is 24.3 Å². The lowest BCUT2D eigenvalue weighted by molar-refractivity contribution is 0.166. The molecular weight excluding hydrogens is 248 g/mol. The molecule has 0 amide bonds. The Morgan fingerprint density at radius 2 is 2.05 bits per heavy atom. The third kappa shape index (κ3) is 3.01. The van der Waals surface area contributed by atoms with Crippen LogP contribution < -0.4 is 0 Å². The van der Waals surface area contributed by atoms with Gasteiger partial charge in [-0.3, -0.25) is 0 Å². The first-order valence-corrected chi connectivity index (χ1v) is 8.41. The zero-order valence-corrected chi connectivity index (χ0v) is 12.4. The lowest BCUT2D eigenvalue weighted by atomic mass is 9.79. The number of fused-ring (bicyclic) bond motifs is 1. The van der Waals surface area contributed by atoms with Crippen LogP contribution in [0.2, 0.25) is 0 Å². The molecule has 0 saturated heterocycles. The number of hydrogen-bond acceptors (Lipinski definition) is 2. The van der Waals surface area contributed by atoms with Crippen molar-refractivity contribution in [2.24, 2.45) is 17.3 Å². The summed E-state index contributed by atoms with van der Waals surface area (Å²) in [5, 5.41) is 20.2. The Morgan fingerprint density at radius 1 is 1.25 bits per heavy atom. The van der Waals surface area contributed by atoms with E-state index in [0.29, 0.717) is 11.8 Å². The van der Waals surface area contributed by atoms with Crippen molar-refractivity contribution >= 4 is 0 Å². The van der Waals surface area contributed by atoms with Crippen LogP contribution >= 0.6 is 0 Å². The Kier molecular flexibility index (Phi) is 4.32. The highest BCUT2D eigenvalue weighted by atomic mass is 16.3. The molecule has 0 radical (unpaired) electrons. The Hall–Kier alpha value is -0.600. The Bertz CT molecular complexity index is 381. The molecule has 0 aliphatic heterocycles. The van der Waals surface area contributed by atoms with Gasteiger partial charge in [-0.2, -0.15) is 0 Å². The highest BCUT2D eigenvalue weighted by Gasteiger charge is 2.45. The summed E-state index contributed by atoms with van der Waals surface area (Å²) in [6, 6.07) is 0. The van der Waals surface area contributed by atoms with Gasteiger partial charge < -0.3 is 10.2 Å². The molecule has 20 heavy (non-hydrogen) atoms. The van der Waals surface area contributed by atoms with Crippen molar-refractivity contribution in [3.63, 3.8) is 0 Å². The van der Waals surface area contributed by atoms with E-state index in [-0.39, 0.29) is 17.6 Å². The molecule has 2 nitrogen and oxygen atoms in total. The summed E-state index contributed by atoms with van der Waals surface area (Å²) in [5.41, 5.74) is 0.0347. The first-order valence-electron chi connectivity index (χ1n) is 8.41. The van der Waals surface area contributed by atoms with E-state index < -0.39 is 0 Å². The maximum absolute atomic E-state index is 10.3. The van der Waals surface area contributed by atoms with Crippen LogP contribution in [-0.2, 0) is 0 Å². The fourth-order valence-corrected chi connectivity index (χ4v) is 4.57. The third-order valence-corrected chi connectivity index (χ3v) is 5.68. The second-order valence-electron chi connectivity index (χ2n) is 7.21. The van der Waals surface area contributed by atoms with Crippen LogP contribution in [0.4, 0.5) is 0 Å². The highest BCUT2D eigenvalue weighted by molar-refractivity contribution is 5.24. The molecule has 0 aromatic heterocycles. The van der Waals surface area contributed by atoms with E-state index in [1.807, 2.05) is 6.08 Å². The SMILES string of the molecule is OC1CC2CC=CC2(/C=C/[C@@H](O)CC2CCCCC2)C1. The normalized spacial score (nSPS) is 39.5. The Balaban J connectivity index is 1.57. The Morgan fingerprint density at radius 3 is 2.85 bits per heavy atom. The average Bonchev–Trinajstić information content (AvgIpc) is 2.93. The quantitative estimate of drug-likeness (QED) is 0.770. The molecule has 0 bridgehead atoms. The summed E-state index contributed by atoms with van der Waals surface area (Å²) in [5.74, 6) is 1.26. The topological polar surface area (TPSA) is 40.5 Å². The summed E-state index contributed by atoms with van der Waals surface area (Å²) >= 11 is 0. The molecule has 3 aliphatic rings. The minimum absolute atomic E-state index is 0.0347. The summed E-state index contributed by atoms with van der Waals surface area (Å²) in [7, 11) is 0. The van der Waals surface area contributed by atoms with Crippen LogP contribution in [0.15, 0.2) is 24.3 Å². The standard InChI is InChI=1S/C18H28O2/c19-16(11-14-5-2-1-3-6-14)8-10-18-9-4-7-15(18)12-17(20)13-18/h4,8-10,14-17,19-20H,1-3,5-7,11-13H2/b10-8+/t15?,16-,17?,18?/m1/s1. The monoisotopic (exact) mass is 276 g/mol. The van der Waals surface area contributed by atoms with E-state index in [4.69, 9.17) is 0 Å². The van der Waals surface area contributed by atoms with E-state index in [2.05, 4.69) is 18.2 Å². The van der Waals surface area contributed by atoms with Crippen LogP contribution in [-0.4, -0.2) is 22.4 Å². The molecule has 112 valence electrons. The molecule has 0 aromatic rings. The molecule has 3 unspecified atom stereocenters. The van der Waals surface area contributed by atoms with Crippen molar-refractivity contribution in [2.75, 3.05) is 0 Å². The summed E-state index contributed by atoms with van der Waals surface area (Å²) in [6.45, 7) is 0. The molecule has 2 heteroatoms. The van der Waals surface area contributed by atoms with Crippen molar-refractivity contribution < 1.29 is 10.2 Å². The van der Waals surface area contributed by atoms with Crippen molar-refractivity contribution in [1.82, 2.24) is 0 Å². The molecule has 3 rings (SSSR count). The van der Waals surface area contributed by atoms with Gasteiger partial charge in [0.05, 0.1) is 12.2 Å². The van der Waals surface area contributed by atoms with Gasteiger partial charge in [0.25, 0.3) is 0 Å². The van der Waals surface area contributed by atoms with Gasteiger partial charge in [0, 0.05) is 5.41 Å². The molecule has 2 saturated carbocycles. The molecule has 0 aromatic carbocycles. The predicted molar refractivity (Wildman–Crippen MR) is 81.3 cm³/mol. The van der Waals surface area contributed by atoms with Gasteiger partial charge in [-0.05, 0) is 37.5 Å². The zero-order chi connectivity index (χ0) is 14.0. The smallest absolute Gasteiger partial charge is 0.0723 e. The minimum atomic E-state index is -0.306. The number of aliphatic hydroxyl groups excluding tert-OH is 2. The molecule has 0 heterocycles. The first kappa shape index (κ1) is 14.3.